The molecule has 0 radical (unpaired) electrons. The number of aliphatic carboxylic acids is 1. The molecule has 0 saturated heterocycles. The van der Waals surface area contributed by atoms with E-state index < -0.39 is 5.97 Å². The number of unbranched alkanes of at least 4 members (excludes halogenated alkanes) is 7. The molecule has 0 heterocycles. The van der Waals surface area contributed by atoms with Gasteiger partial charge < -0.3 is 20.5 Å². The van der Waals surface area contributed by atoms with Crippen LogP contribution in [0.2, 0.25) is 0 Å². The number of allylic oxidation sites excluding steroid dienone is 2. The first kappa shape index (κ1) is 43.7. The third-order valence-corrected chi connectivity index (χ3v) is 16.8. The van der Waals surface area contributed by atoms with Crippen LogP contribution in [0.4, 0.5) is 0 Å². The van der Waals surface area contributed by atoms with Crippen molar-refractivity contribution in [3.8, 4) is 0 Å². The standard InChI is InChI=1S/C47H78N2O6/c1-9-18-40(53)55-37-23-24-44(6)35(43(37,4)5)22-25-46(8)36(44)21-20-33-34-31-42(2,3)26-28-47(34,29-27-45(33,46)7)41(54)48-30-17-15-13-11-10-12-14-16-19-38(50)49-32-39(51)52/h20,34-37H,9-19,21-32H2,1-8H3,(H,48,54)(H,49,50)(H,51,52)/t34-,35-,36+,37-,44-,45+,46+,47-/m0/s1. The van der Waals surface area contributed by atoms with Crippen LogP contribution in [0.5, 0.6) is 0 Å². The summed E-state index contributed by atoms with van der Waals surface area (Å²) in [6.07, 6.45) is 23.7. The zero-order chi connectivity index (χ0) is 40.3. The Kier molecular flexibility index (Phi) is 13.7. The topological polar surface area (TPSA) is 122 Å². The molecule has 4 saturated carbocycles. The normalized spacial score (nSPS) is 35.8. The van der Waals surface area contributed by atoms with Crippen molar-refractivity contribution < 1.29 is 29.0 Å². The molecule has 2 amide bonds. The first-order valence-corrected chi connectivity index (χ1v) is 22.5. The average Bonchev–Trinajstić information content (AvgIpc) is 3.11. The fourth-order valence-corrected chi connectivity index (χ4v) is 13.4. The maximum Gasteiger partial charge on any atom is 0.322 e. The number of esters is 1. The van der Waals surface area contributed by atoms with Crippen LogP contribution in [-0.4, -0.2) is 48.1 Å². The number of amides is 2. The van der Waals surface area contributed by atoms with Crippen LogP contribution in [0.1, 0.15) is 190 Å². The summed E-state index contributed by atoms with van der Waals surface area (Å²) < 4.78 is 6.19. The Labute approximate surface area is 333 Å². The van der Waals surface area contributed by atoms with Gasteiger partial charge in [-0.15, -0.1) is 0 Å². The van der Waals surface area contributed by atoms with Crippen LogP contribution in [0.25, 0.3) is 0 Å². The van der Waals surface area contributed by atoms with Crippen molar-refractivity contribution in [1.29, 1.82) is 0 Å². The highest BCUT2D eigenvalue weighted by molar-refractivity contribution is 5.84. The minimum Gasteiger partial charge on any atom is -0.480 e. The second-order valence-corrected chi connectivity index (χ2v) is 21.0. The summed E-state index contributed by atoms with van der Waals surface area (Å²) in [5.41, 5.74) is 1.92. The number of carboxylic acid groups (broad SMARTS) is 1. The zero-order valence-corrected chi connectivity index (χ0v) is 36.1. The molecule has 55 heavy (non-hydrogen) atoms. The first-order valence-electron chi connectivity index (χ1n) is 22.5. The SMILES string of the molecule is CCCC(=O)O[C@H]1CC[C@]2(C)[C@H]3CC=C4[C@@H]5CC(C)(C)CC[C@]5(C(=O)NCCCCCCCCCCC(=O)NCC(=O)O)CC[C@@]4(C)[C@]3(C)CC[C@H]2C1(C)C. The molecule has 312 valence electrons. The molecule has 5 rings (SSSR count). The van der Waals surface area contributed by atoms with E-state index in [0.29, 0.717) is 36.5 Å². The molecule has 4 fully saturated rings. The Morgan fingerprint density at radius 2 is 1.42 bits per heavy atom. The molecule has 0 spiro atoms. The number of nitrogens with one attached hydrogen (secondary N) is 2. The second kappa shape index (κ2) is 17.2. The van der Waals surface area contributed by atoms with Crippen LogP contribution < -0.4 is 10.6 Å². The van der Waals surface area contributed by atoms with Gasteiger partial charge in [0.1, 0.15) is 12.6 Å². The van der Waals surface area contributed by atoms with Crippen molar-refractivity contribution in [2.45, 2.75) is 196 Å². The minimum atomic E-state index is -1.01. The molecular weight excluding hydrogens is 689 g/mol. The highest BCUT2D eigenvalue weighted by Gasteiger charge is 2.69. The molecule has 5 aliphatic rings. The smallest absolute Gasteiger partial charge is 0.322 e. The molecule has 0 aromatic rings. The lowest BCUT2D eigenvalue weighted by molar-refractivity contribution is -0.213. The molecule has 0 unspecified atom stereocenters. The first-order chi connectivity index (χ1) is 25.9. The molecular formula is C47H78N2O6. The summed E-state index contributed by atoms with van der Waals surface area (Å²) in [6, 6.07) is 0. The zero-order valence-electron chi connectivity index (χ0n) is 36.1. The molecule has 0 bridgehead atoms. The number of carbonyl (C=O) groups excluding carboxylic acids is 3. The maximum absolute atomic E-state index is 14.5. The van der Waals surface area contributed by atoms with Crippen molar-refractivity contribution in [3.63, 3.8) is 0 Å². The Morgan fingerprint density at radius 1 is 0.764 bits per heavy atom. The molecule has 3 N–H and O–H groups in total. The summed E-state index contributed by atoms with van der Waals surface area (Å²) in [4.78, 5) is 49.4. The molecule has 0 aromatic carbocycles. The number of carboxylic acids is 1. The fraction of sp³-hybridized carbons (Fsp3) is 0.872. The van der Waals surface area contributed by atoms with Gasteiger partial charge in [-0.05, 0) is 123 Å². The summed E-state index contributed by atoms with van der Waals surface area (Å²) in [5, 5.41) is 14.6. The van der Waals surface area contributed by atoms with Gasteiger partial charge in [0, 0.05) is 24.8 Å². The van der Waals surface area contributed by atoms with E-state index in [1.165, 1.54) is 12.8 Å². The summed E-state index contributed by atoms with van der Waals surface area (Å²) in [6.45, 7) is 19.9. The number of rotatable bonds is 17. The van der Waals surface area contributed by atoms with Gasteiger partial charge in [-0.2, -0.15) is 0 Å². The number of hydrogen-bond donors (Lipinski definition) is 3. The van der Waals surface area contributed by atoms with Crippen LogP contribution in [0.3, 0.4) is 0 Å². The van der Waals surface area contributed by atoms with Crippen molar-refractivity contribution in [2.75, 3.05) is 13.1 Å². The van der Waals surface area contributed by atoms with Crippen LogP contribution >= 0.6 is 0 Å². The number of ether oxygens (including phenoxy) is 1. The van der Waals surface area contributed by atoms with Gasteiger partial charge in [0.25, 0.3) is 0 Å². The van der Waals surface area contributed by atoms with Crippen LogP contribution in [0.15, 0.2) is 11.6 Å². The minimum absolute atomic E-state index is 0.00479. The predicted octanol–water partition coefficient (Wildman–Crippen LogP) is 10.3. The predicted molar refractivity (Wildman–Crippen MR) is 219 cm³/mol. The van der Waals surface area contributed by atoms with Gasteiger partial charge in [0.2, 0.25) is 11.8 Å². The maximum atomic E-state index is 14.5. The summed E-state index contributed by atoms with van der Waals surface area (Å²) in [7, 11) is 0. The Bertz CT molecular complexity index is 1440. The highest BCUT2D eigenvalue weighted by Crippen LogP contribution is 2.76. The molecule has 0 aromatic heterocycles. The molecule has 0 aliphatic heterocycles. The van der Waals surface area contributed by atoms with E-state index in [0.717, 1.165) is 116 Å². The number of fused-ring (bicyclic) bond motifs is 7. The van der Waals surface area contributed by atoms with Crippen molar-refractivity contribution in [3.05, 3.63) is 11.6 Å². The molecule has 8 heteroatoms. The van der Waals surface area contributed by atoms with Crippen LogP contribution in [0, 0.1) is 50.2 Å². The van der Waals surface area contributed by atoms with Gasteiger partial charge in [-0.3, -0.25) is 19.2 Å². The fourth-order valence-electron chi connectivity index (χ4n) is 13.4. The Morgan fingerprint density at radius 3 is 2.09 bits per heavy atom. The quantitative estimate of drug-likeness (QED) is 0.0770. The number of carbonyl (C=O) groups is 4. The van der Waals surface area contributed by atoms with E-state index in [9.17, 15) is 19.2 Å². The Hall–Kier alpha value is -2.38. The molecule has 8 nitrogen and oxygen atoms in total. The van der Waals surface area contributed by atoms with Gasteiger partial charge in [-0.25, -0.2) is 0 Å². The van der Waals surface area contributed by atoms with E-state index >= 15 is 0 Å². The van der Waals surface area contributed by atoms with E-state index in [1.54, 1.807) is 5.57 Å². The van der Waals surface area contributed by atoms with E-state index in [1.807, 2.05) is 6.92 Å². The lowest BCUT2D eigenvalue weighted by Crippen LogP contribution is -2.65. The monoisotopic (exact) mass is 767 g/mol. The summed E-state index contributed by atoms with van der Waals surface area (Å²) in [5.74, 6) is 0.474. The third-order valence-electron chi connectivity index (χ3n) is 16.8. The van der Waals surface area contributed by atoms with E-state index in [-0.39, 0.29) is 57.0 Å². The van der Waals surface area contributed by atoms with Gasteiger partial charge in [0.15, 0.2) is 0 Å². The highest BCUT2D eigenvalue weighted by atomic mass is 16.5. The van der Waals surface area contributed by atoms with E-state index in [2.05, 4.69) is 65.2 Å². The lowest BCUT2D eigenvalue weighted by Gasteiger charge is -2.71. The van der Waals surface area contributed by atoms with Crippen molar-refractivity contribution in [1.82, 2.24) is 10.6 Å². The van der Waals surface area contributed by atoms with Crippen molar-refractivity contribution in [2.24, 2.45) is 50.2 Å². The van der Waals surface area contributed by atoms with Gasteiger partial charge in [-0.1, -0.05) is 106 Å². The Balaban J connectivity index is 1.19. The average molecular weight is 767 g/mol. The molecule has 8 atom stereocenters. The van der Waals surface area contributed by atoms with E-state index in [4.69, 9.17) is 9.84 Å². The van der Waals surface area contributed by atoms with Crippen LogP contribution in [-0.2, 0) is 23.9 Å². The lowest BCUT2D eigenvalue weighted by atomic mass is 9.33. The van der Waals surface area contributed by atoms with Gasteiger partial charge >= 0.3 is 11.9 Å². The van der Waals surface area contributed by atoms with Crippen molar-refractivity contribution >= 4 is 23.8 Å². The third kappa shape index (κ3) is 8.74. The largest absolute Gasteiger partial charge is 0.480 e. The van der Waals surface area contributed by atoms with Gasteiger partial charge in [0.05, 0.1) is 5.41 Å². The number of hydrogen-bond acceptors (Lipinski definition) is 5. The summed E-state index contributed by atoms with van der Waals surface area (Å²) >= 11 is 0. The second-order valence-electron chi connectivity index (χ2n) is 21.0. The molecule has 5 aliphatic carbocycles.